The monoisotopic (exact) mass is 562 g/mol. The van der Waals surface area contributed by atoms with Crippen molar-refractivity contribution in [2.24, 2.45) is 0 Å². The first-order chi connectivity index (χ1) is 19.4. The average Bonchev–Trinajstić information content (AvgIpc) is 3.75. The molecule has 0 bridgehead atoms. The molecule has 0 unspecified atom stereocenters. The van der Waals surface area contributed by atoms with Crippen molar-refractivity contribution in [3.05, 3.63) is 40.7 Å². The molecule has 0 amide bonds. The molecule has 3 aliphatic heterocycles. The van der Waals surface area contributed by atoms with Crippen LogP contribution in [-0.2, 0) is 18.0 Å². The number of ether oxygens (including phenoxy) is 1. The Hall–Kier alpha value is -3.50. The quantitative estimate of drug-likeness (QED) is 0.396. The van der Waals surface area contributed by atoms with Crippen LogP contribution in [0.4, 0.5) is 19.7 Å². The number of halogens is 2. The van der Waals surface area contributed by atoms with Crippen LogP contribution in [0.2, 0.25) is 0 Å². The van der Waals surface area contributed by atoms with E-state index in [9.17, 15) is 9.65 Å². The normalized spacial score (nSPS) is 21.2. The van der Waals surface area contributed by atoms with Crippen molar-refractivity contribution in [3.8, 4) is 17.3 Å². The summed E-state index contributed by atoms with van der Waals surface area (Å²) in [6.07, 6.45) is 4.89. The van der Waals surface area contributed by atoms with Crippen LogP contribution < -0.4 is 10.6 Å². The molecule has 1 aromatic carbocycles. The van der Waals surface area contributed by atoms with E-state index in [0.717, 1.165) is 62.1 Å². The number of nitrogens with zero attached hydrogens (tertiary/aromatic N) is 7. The molecule has 40 heavy (non-hydrogen) atoms. The van der Waals surface area contributed by atoms with Crippen LogP contribution >= 0.6 is 11.3 Å². The molecule has 0 spiro atoms. The summed E-state index contributed by atoms with van der Waals surface area (Å²) in [6.45, 7) is 4.14. The summed E-state index contributed by atoms with van der Waals surface area (Å²) in [5.41, 5.74) is 8.05. The second kappa shape index (κ2) is 9.55. The van der Waals surface area contributed by atoms with Gasteiger partial charge in [-0.1, -0.05) is 0 Å². The number of hydrogen-bond acceptors (Lipinski definition) is 10. The highest BCUT2D eigenvalue weighted by Gasteiger charge is 2.35. The van der Waals surface area contributed by atoms with Gasteiger partial charge in [0.2, 0.25) is 5.95 Å². The molecule has 3 aromatic heterocycles. The summed E-state index contributed by atoms with van der Waals surface area (Å²) < 4.78 is 37.2. The van der Waals surface area contributed by atoms with Crippen molar-refractivity contribution < 1.29 is 13.5 Å². The van der Waals surface area contributed by atoms with Crippen LogP contribution in [0.25, 0.3) is 32.2 Å². The third-order valence-corrected chi connectivity index (χ3v) is 9.65. The van der Waals surface area contributed by atoms with Crippen LogP contribution in [0, 0.1) is 23.0 Å². The lowest BCUT2D eigenvalue weighted by Gasteiger charge is -2.25. The van der Waals surface area contributed by atoms with Crippen molar-refractivity contribution in [1.82, 2.24) is 24.8 Å². The molecule has 2 atom stereocenters. The molecule has 9 nitrogen and oxygen atoms in total. The Balaban J connectivity index is 1.32. The fraction of sp³-hybridized carbons (Fsp3) is 0.429. The zero-order valence-electron chi connectivity index (χ0n) is 22.2. The average molecular weight is 563 g/mol. The molecule has 3 aliphatic rings. The molecule has 206 valence electrons. The summed E-state index contributed by atoms with van der Waals surface area (Å²) in [5.74, 6) is -0.702. The molecule has 0 saturated carbocycles. The Kier molecular flexibility index (Phi) is 6.08. The van der Waals surface area contributed by atoms with E-state index in [0.29, 0.717) is 29.0 Å². The maximum absolute atomic E-state index is 16.6. The number of nitrogen functional groups attached to an aromatic ring is 1. The Morgan fingerprint density at radius 1 is 1.12 bits per heavy atom. The van der Waals surface area contributed by atoms with Crippen LogP contribution in [0.15, 0.2) is 12.4 Å². The summed E-state index contributed by atoms with van der Waals surface area (Å²) in [5, 5.41) is 10.8. The van der Waals surface area contributed by atoms with Crippen molar-refractivity contribution in [1.29, 1.82) is 5.26 Å². The van der Waals surface area contributed by atoms with Gasteiger partial charge in [-0.25, -0.2) is 18.7 Å². The maximum atomic E-state index is 16.6. The molecule has 12 heteroatoms. The molecule has 4 aromatic rings. The van der Waals surface area contributed by atoms with Crippen molar-refractivity contribution in [3.63, 3.8) is 0 Å². The van der Waals surface area contributed by atoms with Gasteiger partial charge in [-0.2, -0.15) is 5.26 Å². The minimum atomic E-state index is -0.603. The van der Waals surface area contributed by atoms with Crippen molar-refractivity contribution in [2.45, 2.75) is 38.1 Å². The summed E-state index contributed by atoms with van der Waals surface area (Å²) in [7, 11) is 4.26. The lowest BCUT2D eigenvalue weighted by molar-refractivity contribution is 0.135. The highest BCUT2D eigenvalue weighted by Crippen LogP contribution is 2.45. The van der Waals surface area contributed by atoms with Crippen molar-refractivity contribution in [2.75, 3.05) is 50.9 Å². The summed E-state index contributed by atoms with van der Waals surface area (Å²) in [4.78, 5) is 20.6. The predicted octanol–water partition coefficient (Wildman–Crippen LogP) is 3.88. The SMILES string of the molecule is CN(C)[C@H]1CCN([C@@H]2CCN(c3ncc4c5c(c(-c6ncc(F)c7sc(N)c(C#N)c67)c(F)c4n3)COC5)C2)C1. The molecular weight excluding hydrogens is 534 g/mol. The largest absolute Gasteiger partial charge is 0.389 e. The van der Waals surface area contributed by atoms with E-state index in [1.807, 2.05) is 6.07 Å². The number of pyridine rings is 1. The van der Waals surface area contributed by atoms with E-state index in [2.05, 4.69) is 38.8 Å². The molecular formula is C28H28F2N8OS. The van der Waals surface area contributed by atoms with Gasteiger partial charge < -0.3 is 20.3 Å². The van der Waals surface area contributed by atoms with Crippen LogP contribution in [0.1, 0.15) is 29.5 Å². The standard InChI is InChI=1S/C28H28F2N8OS/c1-36(2)14-3-5-37(10-14)15-4-6-38(11-15)28-34-8-17-18-12-39-13-19(18)21(23(30)24(17)35-28)25-22-16(7-31)27(32)40-26(22)20(29)9-33-25/h8-9,14-15H,3-6,10-13,32H2,1-2H3/t14-,15+/m0/s1. The van der Waals surface area contributed by atoms with Gasteiger partial charge in [-0.3, -0.25) is 9.88 Å². The third-order valence-electron chi connectivity index (χ3n) is 8.62. The van der Waals surface area contributed by atoms with Crippen molar-refractivity contribution >= 4 is 43.3 Å². The zero-order valence-corrected chi connectivity index (χ0v) is 23.1. The smallest absolute Gasteiger partial charge is 0.226 e. The van der Waals surface area contributed by atoms with Gasteiger partial charge in [0.25, 0.3) is 0 Å². The molecule has 2 saturated heterocycles. The van der Waals surface area contributed by atoms with Gasteiger partial charge in [0.1, 0.15) is 16.6 Å². The van der Waals surface area contributed by atoms with Gasteiger partial charge in [0.05, 0.1) is 35.4 Å². The van der Waals surface area contributed by atoms with Crippen LogP contribution in [0.3, 0.4) is 0 Å². The second-order valence-electron chi connectivity index (χ2n) is 11.0. The Morgan fingerprint density at radius 3 is 2.73 bits per heavy atom. The lowest BCUT2D eigenvalue weighted by Crippen LogP contribution is -2.39. The second-order valence-corrected chi connectivity index (χ2v) is 12.0. The number of aromatic nitrogens is 3. The first-order valence-electron chi connectivity index (χ1n) is 13.4. The van der Waals surface area contributed by atoms with Gasteiger partial charge in [0.15, 0.2) is 11.6 Å². The number of nitriles is 1. The molecule has 6 heterocycles. The number of fused-ring (bicyclic) bond motifs is 4. The third kappa shape index (κ3) is 3.83. The topological polar surface area (TPSA) is 107 Å². The molecule has 2 fully saturated rings. The Bertz CT molecular complexity index is 1720. The Morgan fingerprint density at radius 2 is 1.95 bits per heavy atom. The van der Waals surface area contributed by atoms with E-state index in [-0.39, 0.29) is 50.6 Å². The molecule has 2 N–H and O–H groups in total. The highest BCUT2D eigenvalue weighted by molar-refractivity contribution is 7.23. The van der Waals surface area contributed by atoms with Gasteiger partial charge >= 0.3 is 0 Å². The number of hydrogen-bond donors (Lipinski definition) is 1. The van der Waals surface area contributed by atoms with Gasteiger partial charge in [-0.05, 0) is 38.1 Å². The first-order valence-corrected chi connectivity index (χ1v) is 14.2. The van der Waals surface area contributed by atoms with Crippen LogP contribution in [-0.4, -0.2) is 77.1 Å². The number of rotatable bonds is 4. The summed E-state index contributed by atoms with van der Waals surface area (Å²) >= 11 is 0.961. The lowest BCUT2D eigenvalue weighted by atomic mass is 9.94. The van der Waals surface area contributed by atoms with E-state index >= 15 is 4.39 Å². The number of anilines is 2. The van der Waals surface area contributed by atoms with Gasteiger partial charge in [-0.15, -0.1) is 11.3 Å². The Labute approximate surface area is 233 Å². The zero-order chi connectivity index (χ0) is 27.7. The fourth-order valence-electron chi connectivity index (χ4n) is 6.43. The van der Waals surface area contributed by atoms with E-state index in [1.165, 1.54) is 0 Å². The molecule has 0 aliphatic carbocycles. The number of likely N-dealkylation sites (N-methyl/N-ethyl adjacent to an activating group) is 1. The predicted molar refractivity (Wildman–Crippen MR) is 150 cm³/mol. The van der Waals surface area contributed by atoms with E-state index in [1.54, 1.807) is 6.20 Å². The van der Waals surface area contributed by atoms with Gasteiger partial charge in [0, 0.05) is 60.8 Å². The minimum Gasteiger partial charge on any atom is -0.389 e. The fourth-order valence-corrected chi connectivity index (χ4v) is 7.35. The number of benzene rings is 1. The highest BCUT2D eigenvalue weighted by atomic mass is 32.1. The maximum Gasteiger partial charge on any atom is 0.226 e. The van der Waals surface area contributed by atoms with E-state index in [4.69, 9.17) is 15.5 Å². The molecule has 0 radical (unpaired) electrons. The number of likely N-dealkylation sites (tertiary alicyclic amines) is 1. The van der Waals surface area contributed by atoms with Crippen LogP contribution in [0.5, 0.6) is 0 Å². The molecule has 7 rings (SSSR count). The minimum absolute atomic E-state index is 0.0964. The first kappa shape index (κ1) is 25.5. The number of thiophene rings is 1. The number of nitrogens with two attached hydrogens (primary N) is 1. The summed E-state index contributed by atoms with van der Waals surface area (Å²) in [6, 6.07) is 3.02. The van der Waals surface area contributed by atoms with E-state index < -0.39 is 11.6 Å².